The smallest absolute Gasteiger partial charge is 0.277 e. The lowest BCUT2D eigenvalue weighted by Crippen LogP contribution is -2.57. The lowest BCUT2D eigenvalue weighted by atomic mass is 10.0. The fourth-order valence-corrected chi connectivity index (χ4v) is 3.97. The van der Waals surface area contributed by atoms with E-state index < -0.39 is 0 Å². The number of aromatic nitrogens is 3. The molecule has 2 amide bonds. The van der Waals surface area contributed by atoms with Crippen molar-refractivity contribution in [3.63, 3.8) is 0 Å². The van der Waals surface area contributed by atoms with Crippen molar-refractivity contribution < 1.29 is 9.59 Å². The van der Waals surface area contributed by atoms with Crippen LogP contribution in [0.15, 0.2) is 29.1 Å². The van der Waals surface area contributed by atoms with Gasteiger partial charge in [0.25, 0.3) is 5.56 Å². The van der Waals surface area contributed by atoms with Gasteiger partial charge in [0.1, 0.15) is 5.52 Å². The predicted octanol–water partition coefficient (Wildman–Crippen LogP) is 0.0262. The molecule has 1 N–H and O–H groups in total. The third kappa shape index (κ3) is 4.56. The second-order valence-corrected chi connectivity index (χ2v) is 7.28. The highest BCUT2D eigenvalue weighted by Crippen LogP contribution is 2.18. The van der Waals surface area contributed by atoms with Crippen LogP contribution in [0.3, 0.4) is 0 Å². The molecule has 1 aromatic heterocycles. The van der Waals surface area contributed by atoms with Crippen molar-refractivity contribution >= 4 is 35.1 Å². The molecule has 0 bridgehead atoms. The molecule has 2 aromatic rings. The maximum absolute atomic E-state index is 12.7. The van der Waals surface area contributed by atoms with Gasteiger partial charge in [0, 0.05) is 38.6 Å². The van der Waals surface area contributed by atoms with E-state index in [0.717, 1.165) is 19.4 Å². The largest absolute Gasteiger partial charge is 0.341 e. The van der Waals surface area contributed by atoms with E-state index in [9.17, 15) is 14.4 Å². The van der Waals surface area contributed by atoms with Crippen LogP contribution in [-0.4, -0.2) is 75.4 Å². The van der Waals surface area contributed by atoms with Gasteiger partial charge in [-0.05, 0) is 25.0 Å². The predicted molar refractivity (Wildman–Crippen MR) is 110 cm³/mol. The van der Waals surface area contributed by atoms with Crippen LogP contribution in [0.2, 0.25) is 0 Å². The number of carbonyl (C=O) groups is 2. The number of piperazine rings is 1. The van der Waals surface area contributed by atoms with Crippen molar-refractivity contribution in [1.29, 1.82) is 0 Å². The summed E-state index contributed by atoms with van der Waals surface area (Å²) in [5.41, 5.74) is 0.316. The van der Waals surface area contributed by atoms with Crippen molar-refractivity contribution in [3.05, 3.63) is 34.6 Å². The molecule has 10 heteroatoms. The Hall–Kier alpha value is -2.52. The summed E-state index contributed by atoms with van der Waals surface area (Å²) in [6.07, 6.45) is 1.99. The van der Waals surface area contributed by atoms with Gasteiger partial charge in [0.2, 0.25) is 11.8 Å². The third-order valence-corrected chi connectivity index (χ3v) is 5.48. The number of amides is 2. The van der Waals surface area contributed by atoms with E-state index >= 15 is 0 Å². The quantitative estimate of drug-likeness (QED) is 0.748. The fourth-order valence-electron chi connectivity index (χ4n) is 3.97. The number of aryl methyl sites for hydroxylation is 1. The zero-order chi connectivity index (χ0) is 19.5. The Morgan fingerprint density at radius 1 is 1.21 bits per heavy atom. The minimum atomic E-state index is -0.235. The van der Waals surface area contributed by atoms with Crippen molar-refractivity contribution in [2.24, 2.45) is 0 Å². The Balaban J connectivity index is 0.00000240. The first-order valence-corrected chi connectivity index (χ1v) is 9.74. The summed E-state index contributed by atoms with van der Waals surface area (Å²) < 4.78 is 1.25. The molecule has 0 spiro atoms. The second kappa shape index (κ2) is 9.32. The average molecular weight is 421 g/mol. The van der Waals surface area contributed by atoms with E-state index in [4.69, 9.17) is 0 Å². The fraction of sp³-hybridized carbons (Fsp3) is 0.526. The standard InChI is InChI=1S/C19H24N6O3.ClH/c26-17(7-10-25-19(28)15-5-1-2-6-16(15)21-22-25)23-9-3-4-14(13-23)24-11-8-20-12-18(24)27;/h1-2,5-6,14,20H,3-4,7-13H2;1H. The van der Waals surface area contributed by atoms with E-state index in [0.29, 0.717) is 37.1 Å². The Morgan fingerprint density at radius 3 is 2.86 bits per heavy atom. The molecular weight excluding hydrogens is 396 g/mol. The maximum atomic E-state index is 12.7. The summed E-state index contributed by atoms with van der Waals surface area (Å²) in [6.45, 7) is 3.29. The van der Waals surface area contributed by atoms with Crippen molar-refractivity contribution in [1.82, 2.24) is 30.1 Å². The molecule has 9 nitrogen and oxygen atoms in total. The van der Waals surface area contributed by atoms with Crippen LogP contribution >= 0.6 is 12.4 Å². The first-order valence-electron chi connectivity index (χ1n) is 9.74. The summed E-state index contributed by atoms with van der Waals surface area (Å²) in [7, 11) is 0. The number of carbonyl (C=O) groups excluding carboxylic acids is 2. The van der Waals surface area contributed by atoms with Crippen molar-refractivity contribution in [2.45, 2.75) is 31.8 Å². The lowest BCUT2D eigenvalue weighted by molar-refractivity contribution is -0.140. The first-order chi connectivity index (χ1) is 13.6. The zero-order valence-corrected chi connectivity index (χ0v) is 16.9. The summed E-state index contributed by atoms with van der Waals surface area (Å²) in [5, 5.41) is 11.6. The monoisotopic (exact) mass is 420 g/mol. The summed E-state index contributed by atoms with van der Waals surface area (Å²) in [4.78, 5) is 41.0. The number of likely N-dealkylation sites (tertiary alicyclic amines) is 1. The molecule has 2 aliphatic rings. The molecule has 4 rings (SSSR count). The van der Waals surface area contributed by atoms with E-state index in [1.54, 1.807) is 24.3 Å². The highest BCUT2D eigenvalue weighted by molar-refractivity contribution is 5.85. The Labute approximate surface area is 174 Å². The van der Waals surface area contributed by atoms with Crippen LogP contribution in [0.25, 0.3) is 10.9 Å². The number of hydrogen-bond acceptors (Lipinski definition) is 6. The molecule has 2 saturated heterocycles. The van der Waals surface area contributed by atoms with Crippen LogP contribution in [0, 0.1) is 0 Å². The summed E-state index contributed by atoms with van der Waals surface area (Å²) >= 11 is 0. The van der Waals surface area contributed by atoms with E-state index in [-0.39, 0.29) is 48.8 Å². The van der Waals surface area contributed by atoms with Crippen molar-refractivity contribution in [3.8, 4) is 0 Å². The normalized spacial score (nSPS) is 19.9. The van der Waals surface area contributed by atoms with Gasteiger partial charge in [0.15, 0.2) is 0 Å². The van der Waals surface area contributed by atoms with Gasteiger partial charge in [-0.1, -0.05) is 17.3 Å². The minimum Gasteiger partial charge on any atom is -0.341 e. The third-order valence-electron chi connectivity index (χ3n) is 5.48. The van der Waals surface area contributed by atoms with Gasteiger partial charge in [-0.3, -0.25) is 14.4 Å². The van der Waals surface area contributed by atoms with E-state index in [1.807, 2.05) is 9.80 Å². The Kier molecular flexibility index (Phi) is 6.81. The molecular formula is C19H25ClN6O3. The van der Waals surface area contributed by atoms with Gasteiger partial charge in [0.05, 0.1) is 18.5 Å². The average Bonchev–Trinajstić information content (AvgIpc) is 2.74. The second-order valence-electron chi connectivity index (χ2n) is 7.28. The van der Waals surface area contributed by atoms with Gasteiger partial charge in [-0.2, -0.15) is 0 Å². The van der Waals surface area contributed by atoms with Crippen LogP contribution < -0.4 is 10.9 Å². The van der Waals surface area contributed by atoms with E-state index in [2.05, 4.69) is 15.6 Å². The molecule has 29 heavy (non-hydrogen) atoms. The molecule has 0 aliphatic carbocycles. The summed E-state index contributed by atoms with van der Waals surface area (Å²) in [5.74, 6) is 0.0812. The number of fused-ring (bicyclic) bond motifs is 1. The Morgan fingerprint density at radius 2 is 2.03 bits per heavy atom. The lowest BCUT2D eigenvalue weighted by Gasteiger charge is -2.41. The molecule has 0 saturated carbocycles. The number of piperidine rings is 1. The molecule has 1 atom stereocenters. The number of benzene rings is 1. The van der Waals surface area contributed by atoms with Gasteiger partial charge < -0.3 is 15.1 Å². The molecule has 0 radical (unpaired) electrons. The maximum Gasteiger partial charge on any atom is 0.277 e. The van der Waals surface area contributed by atoms with Crippen LogP contribution in [0.4, 0.5) is 0 Å². The number of halogens is 1. The highest BCUT2D eigenvalue weighted by Gasteiger charge is 2.31. The number of nitrogens with one attached hydrogen (secondary N) is 1. The molecule has 1 unspecified atom stereocenters. The number of hydrogen-bond donors (Lipinski definition) is 1. The summed E-state index contributed by atoms with van der Waals surface area (Å²) in [6, 6.07) is 7.12. The molecule has 2 fully saturated rings. The van der Waals surface area contributed by atoms with Crippen molar-refractivity contribution in [2.75, 3.05) is 32.7 Å². The van der Waals surface area contributed by atoms with E-state index in [1.165, 1.54) is 4.68 Å². The van der Waals surface area contributed by atoms with Gasteiger partial charge >= 0.3 is 0 Å². The van der Waals surface area contributed by atoms with Crippen LogP contribution in [0.5, 0.6) is 0 Å². The SMILES string of the molecule is Cl.O=C(CCn1nnc2ccccc2c1=O)N1CCCC(N2CCNCC2=O)C1. The minimum absolute atomic E-state index is 0. The molecule has 1 aromatic carbocycles. The highest BCUT2D eigenvalue weighted by atomic mass is 35.5. The van der Waals surface area contributed by atoms with Gasteiger partial charge in [-0.15, -0.1) is 17.5 Å². The number of rotatable bonds is 4. The molecule has 2 aliphatic heterocycles. The molecule has 3 heterocycles. The zero-order valence-electron chi connectivity index (χ0n) is 16.1. The van der Waals surface area contributed by atoms with Crippen LogP contribution in [0.1, 0.15) is 19.3 Å². The first kappa shape index (κ1) is 21.2. The molecule has 156 valence electrons. The van der Waals surface area contributed by atoms with Crippen LogP contribution in [-0.2, 0) is 16.1 Å². The number of nitrogens with zero attached hydrogens (tertiary/aromatic N) is 5. The van der Waals surface area contributed by atoms with Gasteiger partial charge in [-0.25, -0.2) is 4.68 Å². The Bertz CT molecular complexity index is 949. The topological polar surface area (TPSA) is 100 Å².